The van der Waals surface area contributed by atoms with Gasteiger partial charge in [-0.15, -0.1) is 0 Å². The number of benzene rings is 2. The Morgan fingerprint density at radius 3 is 2.62 bits per heavy atom. The van der Waals surface area contributed by atoms with Gasteiger partial charge in [-0.25, -0.2) is 9.59 Å². The maximum Gasteiger partial charge on any atom is 0.342 e. The molecule has 134 valence electrons. The molecule has 1 aromatic heterocycles. The molecule has 0 aliphatic carbocycles. The Bertz CT molecular complexity index is 1050. The number of imidazole rings is 1. The van der Waals surface area contributed by atoms with Gasteiger partial charge < -0.3 is 25.1 Å². The number of aryl methyl sites for hydroxylation is 1. The summed E-state index contributed by atoms with van der Waals surface area (Å²) >= 11 is 0. The molecule has 8 nitrogen and oxygen atoms in total. The van der Waals surface area contributed by atoms with Crippen LogP contribution < -0.4 is 11.0 Å². The van der Waals surface area contributed by atoms with Crippen LogP contribution in [0.3, 0.4) is 0 Å². The van der Waals surface area contributed by atoms with E-state index < -0.39 is 18.0 Å². The fourth-order valence-electron chi connectivity index (χ4n) is 2.45. The smallest absolute Gasteiger partial charge is 0.342 e. The monoisotopic (exact) mass is 355 g/mol. The van der Waals surface area contributed by atoms with E-state index in [1.807, 2.05) is 0 Å². The minimum Gasteiger partial charge on any atom is -0.507 e. The Morgan fingerprint density at radius 1 is 1.12 bits per heavy atom. The lowest BCUT2D eigenvalue weighted by Crippen LogP contribution is -2.30. The molecule has 0 fully saturated rings. The van der Waals surface area contributed by atoms with Gasteiger partial charge in [0, 0.05) is 5.69 Å². The van der Waals surface area contributed by atoms with E-state index in [4.69, 9.17) is 4.74 Å². The summed E-state index contributed by atoms with van der Waals surface area (Å²) in [5.41, 5.74) is 2.03. The molecule has 0 aliphatic heterocycles. The van der Waals surface area contributed by atoms with Crippen LogP contribution in [-0.2, 0) is 9.53 Å². The van der Waals surface area contributed by atoms with Gasteiger partial charge in [0.2, 0.25) is 0 Å². The highest BCUT2D eigenvalue weighted by atomic mass is 16.5. The second-order valence-electron chi connectivity index (χ2n) is 5.90. The van der Waals surface area contributed by atoms with Gasteiger partial charge in [-0.2, -0.15) is 0 Å². The summed E-state index contributed by atoms with van der Waals surface area (Å²) in [5.74, 6) is -1.54. The molecule has 0 spiro atoms. The van der Waals surface area contributed by atoms with Crippen LogP contribution in [0.15, 0.2) is 41.2 Å². The molecule has 26 heavy (non-hydrogen) atoms. The predicted octanol–water partition coefficient (Wildman–Crippen LogP) is 2.05. The van der Waals surface area contributed by atoms with E-state index in [2.05, 4.69) is 15.3 Å². The highest BCUT2D eigenvalue weighted by Crippen LogP contribution is 2.20. The standard InChI is InChI=1S/C18H17N3O5/c1-9-3-6-15(22)12(7-9)17(24)26-10(2)16(23)19-11-4-5-13-14(8-11)21-18(25)20-13/h3-8,10,22H,1-2H3,(H,19,23)(H2,20,21,25)/t10-/m0/s1. The lowest BCUT2D eigenvalue weighted by molar-refractivity contribution is -0.123. The summed E-state index contributed by atoms with van der Waals surface area (Å²) in [4.78, 5) is 40.8. The quantitative estimate of drug-likeness (QED) is 0.533. The Morgan fingerprint density at radius 2 is 1.85 bits per heavy atom. The van der Waals surface area contributed by atoms with Crippen LogP contribution in [0.5, 0.6) is 5.75 Å². The lowest BCUT2D eigenvalue weighted by Gasteiger charge is -2.14. The van der Waals surface area contributed by atoms with Gasteiger partial charge in [-0.05, 0) is 44.2 Å². The van der Waals surface area contributed by atoms with Crippen LogP contribution in [0.1, 0.15) is 22.8 Å². The van der Waals surface area contributed by atoms with Gasteiger partial charge >= 0.3 is 11.7 Å². The number of hydrogen-bond acceptors (Lipinski definition) is 5. The van der Waals surface area contributed by atoms with Crippen molar-refractivity contribution in [1.82, 2.24) is 9.97 Å². The summed E-state index contributed by atoms with van der Waals surface area (Å²) in [7, 11) is 0. The van der Waals surface area contributed by atoms with Crippen molar-refractivity contribution in [3.05, 3.63) is 58.0 Å². The van der Waals surface area contributed by atoms with Crippen molar-refractivity contribution < 1.29 is 19.4 Å². The van der Waals surface area contributed by atoms with Gasteiger partial charge in [0.25, 0.3) is 5.91 Å². The normalized spacial score (nSPS) is 11.9. The fourth-order valence-corrected chi connectivity index (χ4v) is 2.45. The van der Waals surface area contributed by atoms with Gasteiger partial charge in [0.15, 0.2) is 6.10 Å². The minimum atomic E-state index is -1.08. The zero-order chi connectivity index (χ0) is 18.8. The van der Waals surface area contributed by atoms with Crippen molar-refractivity contribution in [2.45, 2.75) is 20.0 Å². The summed E-state index contributed by atoms with van der Waals surface area (Å²) in [6.07, 6.45) is -1.08. The Kier molecular flexibility index (Phi) is 4.49. The molecule has 0 saturated heterocycles. The summed E-state index contributed by atoms with van der Waals surface area (Å²) in [6.45, 7) is 3.20. The van der Waals surface area contributed by atoms with Crippen LogP contribution in [0.4, 0.5) is 5.69 Å². The van der Waals surface area contributed by atoms with Crippen LogP contribution in [0.2, 0.25) is 0 Å². The van der Waals surface area contributed by atoms with E-state index in [-0.39, 0.29) is 17.0 Å². The molecule has 8 heteroatoms. The Balaban J connectivity index is 1.69. The number of rotatable bonds is 4. The molecule has 1 heterocycles. The molecule has 3 rings (SSSR count). The Labute approximate surface area is 147 Å². The number of esters is 1. The van der Waals surface area contributed by atoms with Crippen molar-refractivity contribution in [2.75, 3.05) is 5.32 Å². The number of hydrogen-bond donors (Lipinski definition) is 4. The van der Waals surface area contributed by atoms with Gasteiger partial charge in [-0.1, -0.05) is 11.6 Å². The first-order chi connectivity index (χ1) is 12.3. The van der Waals surface area contributed by atoms with Gasteiger partial charge in [-0.3, -0.25) is 4.79 Å². The van der Waals surface area contributed by atoms with E-state index in [9.17, 15) is 19.5 Å². The maximum absolute atomic E-state index is 12.2. The number of carbonyl (C=O) groups excluding carboxylic acids is 2. The fraction of sp³-hybridized carbons (Fsp3) is 0.167. The number of anilines is 1. The van der Waals surface area contributed by atoms with Crippen LogP contribution >= 0.6 is 0 Å². The molecule has 0 saturated carbocycles. The number of ether oxygens (including phenoxy) is 1. The third-order valence-corrected chi connectivity index (χ3v) is 3.81. The molecule has 1 atom stereocenters. The number of H-pyrrole nitrogens is 2. The summed E-state index contributed by atoms with van der Waals surface area (Å²) < 4.78 is 5.12. The molecule has 2 aromatic carbocycles. The number of aromatic hydroxyl groups is 1. The first-order valence-corrected chi connectivity index (χ1v) is 7.87. The average molecular weight is 355 g/mol. The second-order valence-corrected chi connectivity index (χ2v) is 5.90. The van der Waals surface area contributed by atoms with E-state index in [0.29, 0.717) is 16.7 Å². The van der Waals surface area contributed by atoms with E-state index in [0.717, 1.165) is 5.56 Å². The topological polar surface area (TPSA) is 124 Å². The zero-order valence-electron chi connectivity index (χ0n) is 14.1. The number of amides is 1. The van der Waals surface area contributed by atoms with Crippen molar-refractivity contribution >= 4 is 28.6 Å². The molecular formula is C18H17N3O5. The molecule has 1 amide bonds. The molecule has 0 radical (unpaired) electrons. The van der Waals surface area contributed by atoms with Crippen LogP contribution in [0, 0.1) is 6.92 Å². The van der Waals surface area contributed by atoms with Crippen LogP contribution in [0.25, 0.3) is 11.0 Å². The number of fused-ring (bicyclic) bond motifs is 1. The maximum atomic E-state index is 12.2. The highest BCUT2D eigenvalue weighted by Gasteiger charge is 2.21. The molecule has 0 bridgehead atoms. The van der Waals surface area contributed by atoms with Crippen molar-refractivity contribution in [1.29, 1.82) is 0 Å². The lowest BCUT2D eigenvalue weighted by atomic mass is 10.1. The number of phenolic OH excluding ortho intramolecular Hbond substituents is 1. The molecule has 0 aliphatic rings. The number of aromatic nitrogens is 2. The molecule has 0 unspecified atom stereocenters. The first kappa shape index (κ1) is 17.3. The second kappa shape index (κ2) is 6.75. The van der Waals surface area contributed by atoms with Gasteiger partial charge in [0.05, 0.1) is 11.0 Å². The first-order valence-electron chi connectivity index (χ1n) is 7.87. The largest absolute Gasteiger partial charge is 0.507 e. The number of nitrogens with one attached hydrogen (secondary N) is 3. The van der Waals surface area contributed by atoms with Crippen molar-refractivity contribution in [3.8, 4) is 5.75 Å². The Hall–Kier alpha value is -3.55. The third-order valence-electron chi connectivity index (χ3n) is 3.81. The van der Waals surface area contributed by atoms with E-state index in [1.54, 1.807) is 31.2 Å². The van der Waals surface area contributed by atoms with Crippen LogP contribution in [-0.4, -0.2) is 33.1 Å². The predicted molar refractivity (Wildman–Crippen MR) is 95.3 cm³/mol. The number of carbonyl (C=O) groups is 2. The summed E-state index contributed by atoms with van der Waals surface area (Å²) in [6, 6.07) is 9.38. The van der Waals surface area contributed by atoms with E-state index in [1.165, 1.54) is 19.1 Å². The molecule has 4 N–H and O–H groups in total. The van der Waals surface area contributed by atoms with Crippen molar-refractivity contribution in [2.24, 2.45) is 0 Å². The molecule has 3 aromatic rings. The summed E-state index contributed by atoms with van der Waals surface area (Å²) in [5, 5.41) is 12.4. The third kappa shape index (κ3) is 3.59. The molecular weight excluding hydrogens is 338 g/mol. The SMILES string of the molecule is Cc1ccc(O)c(C(=O)O[C@@H](C)C(=O)Nc2ccc3[nH]c(=O)[nH]c3c2)c1. The van der Waals surface area contributed by atoms with Gasteiger partial charge in [0.1, 0.15) is 11.3 Å². The minimum absolute atomic E-state index is 0.00373. The van der Waals surface area contributed by atoms with Crippen molar-refractivity contribution in [3.63, 3.8) is 0 Å². The number of aromatic amines is 2. The zero-order valence-corrected chi connectivity index (χ0v) is 14.1. The van der Waals surface area contributed by atoms with E-state index >= 15 is 0 Å². The average Bonchev–Trinajstić information content (AvgIpc) is 2.96. The number of phenols is 1. The highest BCUT2D eigenvalue weighted by molar-refractivity contribution is 5.99.